The predicted molar refractivity (Wildman–Crippen MR) is 49.3 cm³/mol. The largest absolute Gasteiger partial charge is 0.312 e. The van der Waals surface area contributed by atoms with E-state index in [1.807, 2.05) is 24.3 Å². The standard InChI is InChI=1S/C11H9N/c1-3-4-10-5-7-11(8-6-10)9-12-2/h1,5-8H,4,9H2. The van der Waals surface area contributed by atoms with E-state index in [0.717, 1.165) is 11.1 Å². The number of hydrogen-bond donors (Lipinski definition) is 0. The van der Waals surface area contributed by atoms with Gasteiger partial charge in [0.1, 0.15) is 0 Å². The van der Waals surface area contributed by atoms with Crippen LogP contribution in [-0.2, 0) is 13.0 Å². The summed E-state index contributed by atoms with van der Waals surface area (Å²) in [5, 5.41) is 0. The van der Waals surface area contributed by atoms with Gasteiger partial charge in [-0.25, -0.2) is 6.57 Å². The van der Waals surface area contributed by atoms with Gasteiger partial charge >= 0.3 is 0 Å². The minimum atomic E-state index is 0.455. The Morgan fingerprint density at radius 2 is 1.83 bits per heavy atom. The van der Waals surface area contributed by atoms with Crippen LogP contribution < -0.4 is 0 Å². The highest BCUT2D eigenvalue weighted by Crippen LogP contribution is 2.05. The average molecular weight is 155 g/mol. The first-order valence-electron chi connectivity index (χ1n) is 3.71. The fraction of sp³-hybridized carbons (Fsp3) is 0.182. The highest BCUT2D eigenvalue weighted by molar-refractivity contribution is 5.25. The number of nitrogens with zero attached hydrogens (tertiary/aromatic N) is 1. The second-order valence-corrected chi connectivity index (χ2v) is 2.51. The first-order valence-corrected chi connectivity index (χ1v) is 3.71. The van der Waals surface area contributed by atoms with Crippen molar-refractivity contribution in [2.24, 2.45) is 0 Å². The molecule has 0 N–H and O–H groups in total. The zero-order chi connectivity index (χ0) is 8.81. The quantitative estimate of drug-likeness (QED) is 0.456. The van der Waals surface area contributed by atoms with E-state index in [9.17, 15) is 0 Å². The molecule has 0 saturated heterocycles. The molecule has 0 unspecified atom stereocenters. The normalized spacial score (nSPS) is 8.50. The first kappa shape index (κ1) is 8.37. The van der Waals surface area contributed by atoms with E-state index in [0.29, 0.717) is 13.0 Å². The van der Waals surface area contributed by atoms with Crippen LogP contribution in [0.15, 0.2) is 24.3 Å². The third-order valence-corrected chi connectivity index (χ3v) is 1.59. The molecule has 0 saturated carbocycles. The van der Waals surface area contributed by atoms with Crippen molar-refractivity contribution >= 4 is 0 Å². The van der Waals surface area contributed by atoms with E-state index in [1.165, 1.54) is 0 Å². The zero-order valence-corrected chi connectivity index (χ0v) is 6.75. The average Bonchev–Trinajstić information content (AvgIpc) is 2.09. The van der Waals surface area contributed by atoms with Gasteiger partial charge in [-0.2, -0.15) is 0 Å². The van der Waals surface area contributed by atoms with E-state index in [1.54, 1.807) is 0 Å². The van der Waals surface area contributed by atoms with Crippen molar-refractivity contribution in [2.75, 3.05) is 0 Å². The van der Waals surface area contributed by atoms with Gasteiger partial charge in [-0.3, -0.25) is 0 Å². The van der Waals surface area contributed by atoms with Crippen molar-refractivity contribution in [3.63, 3.8) is 0 Å². The molecule has 1 aromatic rings. The molecule has 0 spiro atoms. The lowest BCUT2D eigenvalue weighted by Crippen LogP contribution is -1.83. The van der Waals surface area contributed by atoms with Crippen LogP contribution in [0.4, 0.5) is 0 Å². The van der Waals surface area contributed by atoms with Crippen molar-refractivity contribution in [1.82, 2.24) is 0 Å². The van der Waals surface area contributed by atoms with Crippen LogP contribution in [0.5, 0.6) is 0 Å². The summed E-state index contributed by atoms with van der Waals surface area (Å²) in [6.45, 7) is 7.12. The number of benzene rings is 1. The van der Waals surface area contributed by atoms with Crippen LogP contribution in [0, 0.1) is 18.9 Å². The molecule has 0 fully saturated rings. The smallest absolute Gasteiger partial charge is 0.239 e. The van der Waals surface area contributed by atoms with Gasteiger partial charge in [-0.1, -0.05) is 24.3 Å². The Morgan fingerprint density at radius 3 is 2.33 bits per heavy atom. The molecule has 0 atom stereocenters. The first-order chi connectivity index (χ1) is 5.86. The molecule has 12 heavy (non-hydrogen) atoms. The molecule has 1 nitrogen and oxygen atoms in total. The summed E-state index contributed by atoms with van der Waals surface area (Å²) in [5.74, 6) is 2.57. The Kier molecular flexibility index (Phi) is 2.94. The van der Waals surface area contributed by atoms with Crippen LogP contribution in [0.25, 0.3) is 4.85 Å². The van der Waals surface area contributed by atoms with Crippen molar-refractivity contribution in [3.05, 3.63) is 46.8 Å². The minimum absolute atomic E-state index is 0.455. The third-order valence-electron chi connectivity index (χ3n) is 1.59. The van der Waals surface area contributed by atoms with Crippen LogP contribution >= 0.6 is 0 Å². The molecule has 1 aromatic carbocycles. The van der Waals surface area contributed by atoms with Crippen molar-refractivity contribution in [1.29, 1.82) is 0 Å². The predicted octanol–water partition coefficient (Wildman–Crippen LogP) is 2.28. The monoisotopic (exact) mass is 155 g/mol. The molecule has 0 bridgehead atoms. The Hall–Kier alpha value is -1.73. The minimum Gasteiger partial charge on any atom is -0.312 e. The summed E-state index contributed by atoms with van der Waals surface area (Å²) in [6, 6.07) is 7.84. The van der Waals surface area contributed by atoms with E-state index in [4.69, 9.17) is 13.0 Å². The summed E-state index contributed by atoms with van der Waals surface area (Å²) in [6.07, 6.45) is 5.82. The highest BCUT2D eigenvalue weighted by atomic mass is 14.6. The highest BCUT2D eigenvalue weighted by Gasteiger charge is 1.94. The second-order valence-electron chi connectivity index (χ2n) is 2.51. The lowest BCUT2D eigenvalue weighted by molar-refractivity contribution is 1.23. The molecule has 0 aliphatic heterocycles. The summed E-state index contributed by atoms with van der Waals surface area (Å²) >= 11 is 0. The van der Waals surface area contributed by atoms with Crippen molar-refractivity contribution in [3.8, 4) is 12.3 Å². The van der Waals surface area contributed by atoms with E-state index in [-0.39, 0.29) is 0 Å². The van der Waals surface area contributed by atoms with Crippen molar-refractivity contribution < 1.29 is 0 Å². The van der Waals surface area contributed by atoms with E-state index in [2.05, 4.69) is 10.8 Å². The van der Waals surface area contributed by atoms with Crippen LogP contribution in [0.3, 0.4) is 0 Å². The number of terminal acetylenes is 1. The van der Waals surface area contributed by atoms with Gasteiger partial charge < -0.3 is 4.85 Å². The van der Waals surface area contributed by atoms with Gasteiger partial charge in [0.15, 0.2) is 0 Å². The molecule has 0 amide bonds. The molecule has 58 valence electrons. The van der Waals surface area contributed by atoms with Gasteiger partial charge in [-0.05, 0) is 5.56 Å². The maximum atomic E-state index is 6.67. The molecule has 0 aliphatic rings. The molecule has 0 radical (unpaired) electrons. The fourth-order valence-electron chi connectivity index (χ4n) is 0.972. The Morgan fingerprint density at radius 1 is 1.25 bits per heavy atom. The lowest BCUT2D eigenvalue weighted by Gasteiger charge is -1.94. The molecule has 0 aliphatic carbocycles. The van der Waals surface area contributed by atoms with Gasteiger partial charge in [0.2, 0.25) is 6.54 Å². The third kappa shape index (κ3) is 2.15. The summed E-state index contributed by atoms with van der Waals surface area (Å²) in [7, 11) is 0. The Balaban J connectivity index is 2.74. The van der Waals surface area contributed by atoms with Gasteiger partial charge in [0.25, 0.3) is 0 Å². The Bertz CT molecular complexity index is 287. The van der Waals surface area contributed by atoms with Gasteiger partial charge in [-0.15, -0.1) is 12.3 Å². The zero-order valence-electron chi connectivity index (χ0n) is 6.75. The van der Waals surface area contributed by atoms with E-state index >= 15 is 0 Å². The van der Waals surface area contributed by atoms with Crippen LogP contribution in [0.1, 0.15) is 11.1 Å². The topological polar surface area (TPSA) is 4.36 Å². The van der Waals surface area contributed by atoms with Crippen LogP contribution in [0.2, 0.25) is 0 Å². The Labute approximate surface area is 72.9 Å². The molecular formula is C11H9N. The van der Waals surface area contributed by atoms with E-state index < -0.39 is 0 Å². The second kappa shape index (κ2) is 4.21. The molecule has 1 heteroatoms. The maximum absolute atomic E-state index is 6.67. The van der Waals surface area contributed by atoms with Crippen LogP contribution in [-0.4, -0.2) is 0 Å². The molecule has 1 rings (SSSR count). The number of hydrogen-bond acceptors (Lipinski definition) is 0. The molecule has 0 heterocycles. The number of rotatable bonds is 2. The fourth-order valence-corrected chi connectivity index (χ4v) is 0.972. The summed E-state index contributed by atoms with van der Waals surface area (Å²) in [4.78, 5) is 3.29. The molecule has 0 aromatic heterocycles. The SMILES string of the molecule is [C-]#[N+]Cc1ccc(CC#C)cc1. The summed E-state index contributed by atoms with van der Waals surface area (Å²) in [5.41, 5.74) is 2.18. The maximum Gasteiger partial charge on any atom is 0.239 e. The van der Waals surface area contributed by atoms with Gasteiger partial charge in [0, 0.05) is 12.0 Å². The summed E-state index contributed by atoms with van der Waals surface area (Å²) < 4.78 is 0. The van der Waals surface area contributed by atoms with Gasteiger partial charge in [0.05, 0.1) is 0 Å². The lowest BCUT2D eigenvalue weighted by atomic mass is 10.1. The molecular weight excluding hydrogens is 146 g/mol. The van der Waals surface area contributed by atoms with Crippen molar-refractivity contribution in [2.45, 2.75) is 13.0 Å².